The largest absolute Gasteiger partial charge is 0.477 e. The number of oxime groups is 1. The number of β-lactam (4-membered cyclic amide) rings is 1. The molecule has 1 aromatic carbocycles. The van der Waals surface area contributed by atoms with Gasteiger partial charge in [-0.1, -0.05) is 41.2 Å². The highest BCUT2D eigenvalue weighted by atomic mass is 32.2. The van der Waals surface area contributed by atoms with E-state index in [9.17, 15) is 19.5 Å². The monoisotopic (exact) mass is 503 g/mol. The molecule has 1 fully saturated rings. The Morgan fingerprint density at radius 3 is 2.91 bits per heavy atom. The smallest absolute Gasteiger partial charge is 0.352 e. The first-order valence-corrected chi connectivity index (χ1v) is 12.1. The van der Waals surface area contributed by atoms with E-state index in [1.807, 2.05) is 6.07 Å². The maximum absolute atomic E-state index is 12.9. The molecule has 0 saturated carbocycles. The lowest BCUT2D eigenvalue weighted by Crippen LogP contribution is -2.70. The van der Waals surface area contributed by atoms with E-state index < -0.39 is 23.3 Å². The van der Waals surface area contributed by atoms with Crippen molar-refractivity contribution in [1.82, 2.24) is 30.4 Å². The molecule has 1 saturated heterocycles. The Hall–Kier alpha value is -3.39. The summed E-state index contributed by atoms with van der Waals surface area (Å²) in [6.07, 6.45) is 1.55. The van der Waals surface area contributed by atoms with E-state index in [2.05, 4.69) is 26.0 Å². The maximum Gasteiger partial charge on any atom is 0.352 e. The van der Waals surface area contributed by atoms with Crippen molar-refractivity contribution < 1.29 is 24.3 Å². The van der Waals surface area contributed by atoms with Gasteiger partial charge in [-0.2, -0.15) is 0 Å². The summed E-state index contributed by atoms with van der Waals surface area (Å²) in [7, 11) is 3.12. The lowest BCUT2D eigenvalue weighted by atomic mass is 10.0. The van der Waals surface area contributed by atoms with Gasteiger partial charge in [0.05, 0.1) is 12.6 Å². The second-order valence-corrected chi connectivity index (χ2v) is 9.43. The molecule has 0 aliphatic carbocycles. The molecular formula is C20H21N7O5S2. The van der Waals surface area contributed by atoms with E-state index in [1.54, 1.807) is 25.2 Å². The van der Waals surface area contributed by atoms with Crippen LogP contribution in [0.2, 0.25) is 0 Å². The zero-order valence-corrected chi connectivity index (χ0v) is 19.9. The molecule has 2 aliphatic rings. The van der Waals surface area contributed by atoms with Crippen molar-refractivity contribution in [2.24, 2.45) is 12.2 Å². The highest BCUT2D eigenvalue weighted by molar-refractivity contribution is 8.01. The number of thioether (sulfide) groups is 2. The molecule has 1 aromatic heterocycles. The van der Waals surface area contributed by atoms with Gasteiger partial charge in [-0.15, -0.1) is 16.9 Å². The van der Waals surface area contributed by atoms with Gasteiger partial charge in [0.25, 0.3) is 5.91 Å². The molecule has 0 radical (unpaired) electrons. The first-order chi connectivity index (χ1) is 16.4. The molecular weight excluding hydrogens is 482 g/mol. The molecule has 4 rings (SSSR count). The third-order valence-electron chi connectivity index (χ3n) is 5.23. The van der Waals surface area contributed by atoms with E-state index in [-0.39, 0.29) is 18.0 Å². The molecule has 178 valence electrons. The Balaban J connectivity index is 1.43. The summed E-state index contributed by atoms with van der Waals surface area (Å²) >= 11 is 2.71. The quantitative estimate of drug-likeness (QED) is 0.211. The van der Waals surface area contributed by atoms with Crippen molar-refractivity contribution in [3.8, 4) is 0 Å². The Morgan fingerprint density at radius 1 is 1.41 bits per heavy atom. The molecule has 2 aliphatic heterocycles. The molecule has 12 nitrogen and oxygen atoms in total. The van der Waals surface area contributed by atoms with Crippen molar-refractivity contribution in [1.29, 1.82) is 0 Å². The first kappa shape index (κ1) is 23.8. The molecule has 34 heavy (non-hydrogen) atoms. The number of carbonyl (C=O) groups excluding carboxylic acids is 2. The van der Waals surface area contributed by atoms with Crippen LogP contribution in [0.15, 0.2) is 45.8 Å². The molecule has 2 atom stereocenters. The van der Waals surface area contributed by atoms with E-state index in [1.165, 1.54) is 46.4 Å². The van der Waals surface area contributed by atoms with Crippen molar-refractivity contribution in [3.05, 3.63) is 46.7 Å². The average Bonchev–Trinajstić information content (AvgIpc) is 3.24. The first-order valence-electron chi connectivity index (χ1n) is 10.1. The van der Waals surface area contributed by atoms with Crippen molar-refractivity contribution in [2.45, 2.75) is 23.0 Å². The summed E-state index contributed by atoms with van der Waals surface area (Å²) in [5.41, 5.74) is 2.02. The predicted octanol–water partition coefficient (Wildman–Crippen LogP) is 0.264. The van der Waals surface area contributed by atoms with Crippen molar-refractivity contribution in [3.63, 3.8) is 0 Å². The van der Waals surface area contributed by atoms with Crippen LogP contribution < -0.4 is 5.32 Å². The Kier molecular flexibility index (Phi) is 7.17. The summed E-state index contributed by atoms with van der Waals surface area (Å²) in [6, 6.07) is 6.44. The standard InChI is InChI=1S/C20H21N7O5S2/c1-26-20(23-24-25-26)34-10-13-9-33-18-15(17(29)27(18)16(13)19(30)31)22-14(28)7-11-5-3-4-6-12(11)8-21-32-2/h3-6,8,15,18H,7,9-10H2,1-2H3,(H,22,28)(H,30,31)/b21-8+/t15-,18-/m1/s1. The number of rotatable bonds is 9. The van der Waals surface area contributed by atoms with Crippen LogP contribution in [-0.4, -0.2) is 84.2 Å². The van der Waals surface area contributed by atoms with E-state index in [0.29, 0.717) is 22.2 Å². The van der Waals surface area contributed by atoms with Gasteiger partial charge in [0.2, 0.25) is 11.1 Å². The molecule has 2 N–H and O–H groups in total. The van der Waals surface area contributed by atoms with Crippen LogP contribution in [0.25, 0.3) is 0 Å². The normalized spacial score (nSPS) is 19.7. The minimum atomic E-state index is -1.18. The highest BCUT2D eigenvalue weighted by Gasteiger charge is 2.54. The summed E-state index contributed by atoms with van der Waals surface area (Å²) in [4.78, 5) is 43.5. The minimum Gasteiger partial charge on any atom is -0.477 e. The number of benzene rings is 1. The number of aromatic nitrogens is 4. The number of tetrazole rings is 1. The summed E-state index contributed by atoms with van der Waals surface area (Å²) in [5.74, 6) is -1.22. The van der Waals surface area contributed by atoms with Crippen molar-refractivity contribution >= 4 is 47.5 Å². The minimum absolute atomic E-state index is 0.0389. The van der Waals surface area contributed by atoms with Crippen LogP contribution >= 0.6 is 23.5 Å². The maximum atomic E-state index is 12.9. The number of amides is 2. The number of aliphatic carboxylic acids is 1. The number of hydrogen-bond acceptors (Lipinski definition) is 10. The summed E-state index contributed by atoms with van der Waals surface area (Å²) < 4.78 is 1.49. The van der Waals surface area contributed by atoms with E-state index >= 15 is 0 Å². The summed E-state index contributed by atoms with van der Waals surface area (Å²) in [5, 5.41) is 27.6. The molecule has 2 aromatic rings. The van der Waals surface area contributed by atoms with Crippen LogP contribution in [0, 0.1) is 0 Å². The third-order valence-corrected chi connectivity index (χ3v) is 7.66. The second-order valence-electron chi connectivity index (χ2n) is 7.38. The fourth-order valence-corrected chi connectivity index (χ4v) is 5.95. The number of hydrogen-bond donors (Lipinski definition) is 2. The van der Waals surface area contributed by atoms with Crippen LogP contribution in [-0.2, 0) is 32.7 Å². The van der Waals surface area contributed by atoms with Gasteiger partial charge < -0.3 is 15.3 Å². The van der Waals surface area contributed by atoms with E-state index in [4.69, 9.17) is 4.84 Å². The second kappa shape index (κ2) is 10.3. The number of carboxylic acid groups (broad SMARTS) is 1. The number of nitrogens with one attached hydrogen (secondary N) is 1. The number of nitrogens with zero attached hydrogens (tertiary/aromatic N) is 6. The van der Waals surface area contributed by atoms with Gasteiger partial charge in [0.1, 0.15) is 24.2 Å². The zero-order valence-electron chi connectivity index (χ0n) is 18.2. The Bertz CT molecular complexity index is 1180. The lowest BCUT2D eigenvalue weighted by molar-refractivity contribution is -0.150. The number of carboxylic acids is 1. The molecule has 14 heteroatoms. The van der Waals surface area contributed by atoms with Gasteiger partial charge in [0, 0.05) is 18.6 Å². The molecule has 0 bridgehead atoms. The average molecular weight is 504 g/mol. The Labute approximate surface area is 202 Å². The number of aryl methyl sites for hydroxylation is 1. The number of fused-ring (bicyclic) bond motifs is 1. The van der Waals surface area contributed by atoms with Gasteiger partial charge >= 0.3 is 5.97 Å². The fraction of sp³-hybridized carbons (Fsp3) is 0.350. The van der Waals surface area contributed by atoms with Gasteiger partial charge in [-0.25, -0.2) is 9.48 Å². The predicted molar refractivity (Wildman–Crippen MR) is 124 cm³/mol. The van der Waals surface area contributed by atoms with Crippen LogP contribution in [0.1, 0.15) is 11.1 Å². The molecule has 3 heterocycles. The third kappa shape index (κ3) is 4.77. The van der Waals surface area contributed by atoms with Crippen LogP contribution in [0.3, 0.4) is 0 Å². The van der Waals surface area contributed by atoms with Gasteiger partial charge in [-0.3, -0.25) is 14.5 Å². The molecule has 0 spiro atoms. The van der Waals surface area contributed by atoms with Gasteiger partial charge in [-0.05, 0) is 27.1 Å². The van der Waals surface area contributed by atoms with Gasteiger partial charge in [0.15, 0.2) is 0 Å². The summed E-state index contributed by atoms with van der Waals surface area (Å²) in [6.45, 7) is 0. The van der Waals surface area contributed by atoms with Crippen LogP contribution in [0.5, 0.6) is 0 Å². The lowest BCUT2D eigenvalue weighted by Gasteiger charge is -2.49. The number of carbonyl (C=O) groups is 3. The van der Waals surface area contributed by atoms with E-state index in [0.717, 1.165) is 11.1 Å². The molecule has 2 amide bonds. The topological polar surface area (TPSA) is 152 Å². The SMILES string of the molecule is CO/N=C/c1ccccc1CC(=O)N[C@@H]1C(=O)N2C(C(=O)O)=C(CSc3nnnn3C)CS[C@H]12. The van der Waals surface area contributed by atoms with Crippen molar-refractivity contribution in [2.75, 3.05) is 18.6 Å². The molecule has 0 unspecified atom stereocenters. The fourth-order valence-electron chi connectivity index (χ4n) is 3.62. The zero-order chi connectivity index (χ0) is 24.2. The van der Waals surface area contributed by atoms with Crippen LogP contribution in [0.4, 0.5) is 0 Å². The highest BCUT2D eigenvalue weighted by Crippen LogP contribution is 2.41. The Morgan fingerprint density at radius 2 is 2.21 bits per heavy atom.